The number of amides is 1. The van der Waals surface area contributed by atoms with Gasteiger partial charge in [0.15, 0.2) is 6.10 Å². The second kappa shape index (κ2) is 9.55. The smallest absolute Gasteiger partial charge is 0.341 e. The van der Waals surface area contributed by atoms with E-state index in [4.69, 9.17) is 4.74 Å². The molecule has 0 radical (unpaired) electrons. The number of allylic oxidation sites excluding steroid dienone is 1. The van der Waals surface area contributed by atoms with Crippen molar-refractivity contribution in [1.29, 1.82) is 0 Å². The number of sulfonamides is 1. The molecule has 0 aliphatic heterocycles. The van der Waals surface area contributed by atoms with E-state index >= 15 is 0 Å². The fourth-order valence-corrected chi connectivity index (χ4v) is 3.43. The molecule has 148 valence electrons. The zero-order valence-corrected chi connectivity index (χ0v) is 16.5. The lowest BCUT2D eigenvalue weighted by atomic mass is 9.97. The van der Waals surface area contributed by atoms with E-state index in [9.17, 15) is 18.0 Å². The summed E-state index contributed by atoms with van der Waals surface area (Å²) in [4.78, 5) is 24.5. The van der Waals surface area contributed by atoms with Crippen LogP contribution in [0, 0.1) is 0 Å². The molecule has 2 N–H and O–H groups in total. The molecule has 7 nitrogen and oxygen atoms in total. The Kier molecular flexibility index (Phi) is 7.41. The summed E-state index contributed by atoms with van der Waals surface area (Å²) in [5.74, 6) is -1.15. The van der Waals surface area contributed by atoms with Crippen LogP contribution < -0.4 is 10.0 Å². The van der Waals surface area contributed by atoms with Gasteiger partial charge in [0, 0.05) is 6.54 Å². The number of esters is 1. The van der Waals surface area contributed by atoms with E-state index in [-0.39, 0.29) is 17.2 Å². The quantitative estimate of drug-likeness (QED) is 0.521. The number of anilines is 1. The minimum atomic E-state index is -3.54. The fourth-order valence-electron chi connectivity index (χ4n) is 2.85. The molecule has 0 spiro atoms. The number of carbonyl (C=O) groups excluding carboxylic acids is 2. The summed E-state index contributed by atoms with van der Waals surface area (Å²) in [6.45, 7) is 1.98. The second-order valence-electron chi connectivity index (χ2n) is 6.62. The summed E-state index contributed by atoms with van der Waals surface area (Å²) >= 11 is 0. The molecule has 1 aromatic carbocycles. The van der Waals surface area contributed by atoms with Crippen molar-refractivity contribution in [3.8, 4) is 0 Å². The lowest BCUT2D eigenvalue weighted by Gasteiger charge is -2.16. The van der Waals surface area contributed by atoms with Gasteiger partial charge in [-0.1, -0.05) is 23.8 Å². The van der Waals surface area contributed by atoms with Crippen LogP contribution in [-0.2, 0) is 19.6 Å². The van der Waals surface area contributed by atoms with Crippen molar-refractivity contribution in [2.45, 2.75) is 45.1 Å². The molecule has 1 amide bonds. The Morgan fingerprint density at radius 3 is 2.63 bits per heavy atom. The Morgan fingerprint density at radius 2 is 1.96 bits per heavy atom. The summed E-state index contributed by atoms with van der Waals surface area (Å²) < 4.78 is 30.3. The predicted molar refractivity (Wildman–Crippen MR) is 104 cm³/mol. The summed E-state index contributed by atoms with van der Waals surface area (Å²) in [6.07, 6.45) is 7.62. The van der Waals surface area contributed by atoms with Crippen LogP contribution in [0.2, 0.25) is 0 Å². The molecule has 27 heavy (non-hydrogen) atoms. The summed E-state index contributed by atoms with van der Waals surface area (Å²) in [7, 11) is -3.54. The van der Waals surface area contributed by atoms with Gasteiger partial charge in [0.25, 0.3) is 5.91 Å². The van der Waals surface area contributed by atoms with Gasteiger partial charge < -0.3 is 10.1 Å². The normalized spacial score (nSPS) is 15.4. The van der Waals surface area contributed by atoms with Crippen molar-refractivity contribution in [3.63, 3.8) is 0 Å². The van der Waals surface area contributed by atoms with Crippen LogP contribution in [0.15, 0.2) is 35.9 Å². The van der Waals surface area contributed by atoms with Gasteiger partial charge in [-0.3, -0.25) is 9.52 Å². The Labute approximate surface area is 160 Å². The van der Waals surface area contributed by atoms with Crippen molar-refractivity contribution in [1.82, 2.24) is 5.32 Å². The number of carbonyl (C=O) groups is 2. The van der Waals surface area contributed by atoms with E-state index in [1.54, 1.807) is 12.1 Å². The maximum atomic E-state index is 12.3. The highest BCUT2D eigenvalue weighted by atomic mass is 32.2. The molecule has 8 heteroatoms. The molecule has 0 saturated carbocycles. The zero-order valence-electron chi connectivity index (χ0n) is 15.7. The predicted octanol–water partition coefficient (Wildman–Crippen LogP) is 2.61. The standard InChI is InChI=1S/C19H26N2O5S/c1-14(18(22)20-13-12-15-8-4-3-5-9-15)26-19(23)16-10-6-7-11-17(16)21-27(2,24)25/h6-8,10-11,14,21H,3-5,9,12-13H2,1-2H3,(H,20,22)/t14-/m1/s1. The number of nitrogens with one attached hydrogen (secondary N) is 2. The number of hydrogen-bond acceptors (Lipinski definition) is 5. The first-order chi connectivity index (χ1) is 12.8. The number of hydrogen-bond donors (Lipinski definition) is 2. The van der Waals surface area contributed by atoms with Crippen LogP contribution in [0.1, 0.15) is 49.4 Å². The van der Waals surface area contributed by atoms with Crippen molar-refractivity contribution >= 4 is 27.6 Å². The number of rotatable bonds is 8. The Hall–Kier alpha value is -2.35. The molecular formula is C19H26N2O5S. The van der Waals surface area contributed by atoms with Crippen LogP contribution in [0.25, 0.3) is 0 Å². The Balaban J connectivity index is 1.89. The third kappa shape index (κ3) is 7.05. The van der Waals surface area contributed by atoms with Crippen molar-refractivity contribution in [2.75, 3.05) is 17.5 Å². The van der Waals surface area contributed by atoms with E-state index < -0.39 is 22.1 Å². The third-order valence-electron chi connectivity index (χ3n) is 4.23. The van der Waals surface area contributed by atoms with Gasteiger partial charge in [0.1, 0.15) is 0 Å². The number of para-hydroxylation sites is 1. The molecule has 0 fully saturated rings. The first-order valence-electron chi connectivity index (χ1n) is 8.99. The zero-order chi connectivity index (χ0) is 19.9. The average Bonchev–Trinajstić information content (AvgIpc) is 2.61. The van der Waals surface area contributed by atoms with Crippen molar-refractivity contribution in [2.24, 2.45) is 0 Å². The van der Waals surface area contributed by atoms with Crippen LogP contribution in [0.5, 0.6) is 0 Å². The van der Waals surface area contributed by atoms with E-state index in [0.29, 0.717) is 6.54 Å². The molecule has 0 aromatic heterocycles. The maximum absolute atomic E-state index is 12.3. The minimum absolute atomic E-state index is 0.0509. The maximum Gasteiger partial charge on any atom is 0.341 e. The summed E-state index contributed by atoms with van der Waals surface area (Å²) in [6, 6.07) is 6.09. The molecule has 1 aromatic rings. The molecule has 1 aliphatic carbocycles. The van der Waals surface area contributed by atoms with Crippen LogP contribution in [0.4, 0.5) is 5.69 Å². The van der Waals surface area contributed by atoms with Gasteiger partial charge >= 0.3 is 5.97 Å². The van der Waals surface area contributed by atoms with Crippen LogP contribution >= 0.6 is 0 Å². The number of ether oxygens (including phenoxy) is 1. The molecule has 0 heterocycles. The first kappa shape index (κ1) is 21.0. The first-order valence-corrected chi connectivity index (χ1v) is 10.9. The van der Waals surface area contributed by atoms with E-state index in [1.807, 2.05) is 0 Å². The van der Waals surface area contributed by atoms with Crippen LogP contribution in [-0.4, -0.2) is 39.2 Å². The molecule has 0 saturated heterocycles. The van der Waals surface area contributed by atoms with Crippen molar-refractivity contribution < 1.29 is 22.7 Å². The lowest BCUT2D eigenvalue weighted by Crippen LogP contribution is -2.36. The van der Waals surface area contributed by atoms with Gasteiger partial charge in [-0.15, -0.1) is 0 Å². The molecule has 0 bridgehead atoms. The van der Waals surface area contributed by atoms with Gasteiger partial charge in [0.05, 0.1) is 17.5 Å². The number of benzene rings is 1. The Bertz CT molecular complexity index is 817. The molecule has 1 atom stereocenters. The van der Waals surface area contributed by atoms with Gasteiger partial charge in [-0.05, 0) is 51.2 Å². The largest absolute Gasteiger partial charge is 0.449 e. The SMILES string of the molecule is C[C@@H](OC(=O)c1ccccc1NS(C)(=O)=O)C(=O)NCCC1=CCCCC1. The summed E-state index contributed by atoms with van der Waals surface area (Å²) in [5.41, 5.74) is 1.52. The average molecular weight is 394 g/mol. The second-order valence-corrected chi connectivity index (χ2v) is 8.36. The monoisotopic (exact) mass is 394 g/mol. The van der Waals surface area contributed by atoms with E-state index in [0.717, 1.165) is 25.5 Å². The van der Waals surface area contributed by atoms with Crippen molar-refractivity contribution in [3.05, 3.63) is 41.5 Å². The molecular weight excluding hydrogens is 368 g/mol. The van der Waals surface area contributed by atoms with E-state index in [2.05, 4.69) is 16.1 Å². The van der Waals surface area contributed by atoms with Gasteiger partial charge in [-0.2, -0.15) is 0 Å². The Morgan fingerprint density at radius 1 is 1.22 bits per heavy atom. The minimum Gasteiger partial charge on any atom is -0.449 e. The highest BCUT2D eigenvalue weighted by Crippen LogP contribution is 2.20. The third-order valence-corrected chi connectivity index (χ3v) is 4.82. The molecule has 0 unspecified atom stereocenters. The molecule has 1 aliphatic rings. The topological polar surface area (TPSA) is 102 Å². The molecule has 2 rings (SSSR count). The highest BCUT2D eigenvalue weighted by Gasteiger charge is 2.21. The highest BCUT2D eigenvalue weighted by molar-refractivity contribution is 7.92. The summed E-state index contributed by atoms with van der Waals surface area (Å²) in [5, 5.41) is 2.77. The van der Waals surface area contributed by atoms with Gasteiger partial charge in [0.2, 0.25) is 10.0 Å². The van der Waals surface area contributed by atoms with Crippen LogP contribution in [0.3, 0.4) is 0 Å². The van der Waals surface area contributed by atoms with E-state index in [1.165, 1.54) is 37.5 Å². The lowest BCUT2D eigenvalue weighted by molar-refractivity contribution is -0.129. The van der Waals surface area contributed by atoms with Gasteiger partial charge in [-0.25, -0.2) is 13.2 Å². The fraction of sp³-hybridized carbons (Fsp3) is 0.474.